The summed E-state index contributed by atoms with van der Waals surface area (Å²) in [5, 5.41) is 12.0. The zero-order valence-electron chi connectivity index (χ0n) is 8.06. The molecule has 1 aromatic heterocycles. The number of aliphatic hydroxyl groups excluding tert-OH is 1. The van der Waals surface area contributed by atoms with E-state index in [9.17, 15) is 5.11 Å². The first-order valence-corrected chi connectivity index (χ1v) is 6.39. The standard InChI is InChI=1S/C12H11BrOS/c13-12-7-10(8-15-12)11(14)6-9-4-2-1-3-5-9/h1-5,7-8,11,14H,6H2. The topological polar surface area (TPSA) is 20.2 Å². The summed E-state index contributed by atoms with van der Waals surface area (Å²) in [6.45, 7) is 0. The second-order valence-electron chi connectivity index (χ2n) is 3.39. The second kappa shape index (κ2) is 4.92. The summed E-state index contributed by atoms with van der Waals surface area (Å²) in [5.74, 6) is 0. The largest absolute Gasteiger partial charge is 0.388 e. The molecule has 0 radical (unpaired) electrons. The van der Waals surface area contributed by atoms with Crippen molar-refractivity contribution in [2.45, 2.75) is 12.5 Å². The van der Waals surface area contributed by atoms with Gasteiger partial charge in [-0.2, -0.15) is 0 Å². The molecule has 0 amide bonds. The van der Waals surface area contributed by atoms with Crippen LogP contribution in [0.3, 0.4) is 0 Å². The fraction of sp³-hybridized carbons (Fsp3) is 0.167. The van der Waals surface area contributed by atoms with Gasteiger partial charge < -0.3 is 5.11 Å². The van der Waals surface area contributed by atoms with Crippen molar-refractivity contribution in [3.05, 3.63) is 56.7 Å². The van der Waals surface area contributed by atoms with E-state index in [-0.39, 0.29) is 0 Å². The van der Waals surface area contributed by atoms with Gasteiger partial charge in [0.2, 0.25) is 0 Å². The zero-order chi connectivity index (χ0) is 10.7. The molecule has 0 bridgehead atoms. The van der Waals surface area contributed by atoms with Crippen molar-refractivity contribution in [1.82, 2.24) is 0 Å². The van der Waals surface area contributed by atoms with Gasteiger partial charge in [0.05, 0.1) is 9.89 Å². The molecule has 1 aromatic carbocycles. The Morgan fingerprint density at radius 2 is 2.00 bits per heavy atom. The van der Waals surface area contributed by atoms with Crippen LogP contribution < -0.4 is 0 Å². The highest BCUT2D eigenvalue weighted by Gasteiger charge is 2.09. The molecular formula is C12H11BrOS. The summed E-state index contributed by atoms with van der Waals surface area (Å²) in [6, 6.07) is 12.0. The van der Waals surface area contributed by atoms with Crippen molar-refractivity contribution in [1.29, 1.82) is 0 Å². The van der Waals surface area contributed by atoms with Crippen molar-refractivity contribution in [3.63, 3.8) is 0 Å². The van der Waals surface area contributed by atoms with E-state index >= 15 is 0 Å². The number of aliphatic hydroxyl groups is 1. The third kappa shape index (κ3) is 2.91. The van der Waals surface area contributed by atoms with Crippen LogP contribution in [-0.2, 0) is 6.42 Å². The molecule has 1 unspecified atom stereocenters. The highest BCUT2D eigenvalue weighted by Crippen LogP contribution is 2.27. The van der Waals surface area contributed by atoms with Gasteiger partial charge in [-0.25, -0.2) is 0 Å². The SMILES string of the molecule is OC(Cc1ccccc1)c1csc(Br)c1. The van der Waals surface area contributed by atoms with E-state index in [0.717, 1.165) is 14.9 Å². The monoisotopic (exact) mass is 282 g/mol. The van der Waals surface area contributed by atoms with Crippen LogP contribution in [-0.4, -0.2) is 5.11 Å². The van der Waals surface area contributed by atoms with Crippen molar-refractivity contribution in [3.8, 4) is 0 Å². The Morgan fingerprint density at radius 3 is 2.60 bits per heavy atom. The minimum Gasteiger partial charge on any atom is -0.388 e. The molecule has 2 aromatic rings. The average molecular weight is 283 g/mol. The fourth-order valence-corrected chi connectivity index (χ4v) is 2.68. The smallest absolute Gasteiger partial charge is 0.0838 e. The molecule has 1 nitrogen and oxygen atoms in total. The van der Waals surface area contributed by atoms with Gasteiger partial charge in [0.25, 0.3) is 0 Å². The number of rotatable bonds is 3. The van der Waals surface area contributed by atoms with Crippen LogP contribution >= 0.6 is 27.3 Å². The lowest BCUT2D eigenvalue weighted by Crippen LogP contribution is -1.99. The third-order valence-electron chi connectivity index (χ3n) is 2.24. The Morgan fingerprint density at radius 1 is 1.27 bits per heavy atom. The van der Waals surface area contributed by atoms with Gasteiger partial charge in [-0.3, -0.25) is 0 Å². The van der Waals surface area contributed by atoms with Crippen LogP contribution in [0.1, 0.15) is 17.2 Å². The molecule has 1 atom stereocenters. The molecule has 1 heterocycles. The second-order valence-corrected chi connectivity index (χ2v) is 5.68. The first-order valence-electron chi connectivity index (χ1n) is 4.71. The van der Waals surface area contributed by atoms with Crippen molar-refractivity contribution in [2.75, 3.05) is 0 Å². The maximum Gasteiger partial charge on any atom is 0.0838 e. The molecular weight excluding hydrogens is 272 g/mol. The van der Waals surface area contributed by atoms with E-state index in [0.29, 0.717) is 6.42 Å². The quantitative estimate of drug-likeness (QED) is 0.908. The summed E-state index contributed by atoms with van der Waals surface area (Å²) in [6.07, 6.45) is 0.263. The van der Waals surface area contributed by atoms with Crippen LogP contribution in [0.15, 0.2) is 45.6 Å². The van der Waals surface area contributed by atoms with E-state index in [4.69, 9.17) is 0 Å². The van der Waals surface area contributed by atoms with Crippen LogP contribution in [0.4, 0.5) is 0 Å². The molecule has 2 rings (SSSR count). The van der Waals surface area contributed by atoms with Crippen molar-refractivity contribution < 1.29 is 5.11 Å². The molecule has 0 aliphatic rings. The molecule has 3 heteroatoms. The minimum atomic E-state index is -0.407. The Labute approximate surface area is 102 Å². The number of hydrogen-bond donors (Lipinski definition) is 1. The number of hydrogen-bond acceptors (Lipinski definition) is 2. The summed E-state index contributed by atoms with van der Waals surface area (Å²) in [5.41, 5.74) is 2.14. The van der Waals surface area contributed by atoms with Gasteiger partial charge in [-0.1, -0.05) is 30.3 Å². The highest BCUT2D eigenvalue weighted by molar-refractivity contribution is 9.11. The molecule has 78 valence electrons. The molecule has 0 aliphatic carbocycles. The molecule has 0 saturated heterocycles. The maximum absolute atomic E-state index is 9.97. The number of benzene rings is 1. The van der Waals surface area contributed by atoms with Gasteiger partial charge in [0.1, 0.15) is 0 Å². The van der Waals surface area contributed by atoms with E-state index in [1.807, 2.05) is 41.8 Å². The third-order valence-corrected chi connectivity index (χ3v) is 3.77. The summed E-state index contributed by atoms with van der Waals surface area (Å²) < 4.78 is 1.06. The first kappa shape index (κ1) is 10.9. The molecule has 0 spiro atoms. The van der Waals surface area contributed by atoms with E-state index in [2.05, 4.69) is 15.9 Å². The lowest BCUT2D eigenvalue weighted by Gasteiger charge is -2.08. The Balaban J connectivity index is 2.07. The lowest BCUT2D eigenvalue weighted by molar-refractivity contribution is 0.179. The molecule has 0 fully saturated rings. The maximum atomic E-state index is 9.97. The van der Waals surface area contributed by atoms with Crippen molar-refractivity contribution in [2.24, 2.45) is 0 Å². The molecule has 1 N–H and O–H groups in total. The van der Waals surface area contributed by atoms with Crippen LogP contribution in [0.25, 0.3) is 0 Å². The Hall–Kier alpha value is -0.640. The van der Waals surface area contributed by atoms with Gasteiger partial charge >= 0.3 is 0 Å². The van der Waals surface area contributed by atoms with Crippen LogP contribution in [0.5, 0.6) is 0 Å². The van der Waals surface area contributed by atoms with Gasteiger partial charge in [-0.15, -0.1) is 11.3 Å². The fourth-order valence-electron chi connectivity index (χ4n) is 1.45. The highest BCUT2D eigenvalue weighted by atomic mass is 79.9. The van der Waals surface area contributed by atoms with Crippen LogP contribution in [0.2, 0.25) is 0 Å². The summed E-state index contributed by atoms with van der Waals surface area (Å²) in [7, 11) is 0. The molecule has 0 aliphatic heterocycles. The van der Waals surface area contributed by atoms with Crippen molar-refractivity contribution >= 4 is 27.3 Å². The minimum absolute atomic E-state index is 0.407. The predicted octanol–water partition coefficient (Wildman–Crippen LogP) is 3.79. The van der Waals surface area contributed by atoms with Crippen LogP contribution in [0, 0.1) is 0 Å². The Kier molecular flexibility index (Phi) is 3.57. The van der Waals surface area contributed by atoms with Gasteiger partial charge in [0, 0.05) is 6.42 Å². The Bertz CT molecular complexity index is 424. The summed E-state index contributed by atoms with van der Waals surface area (Å²) in [4.78, 5) is 0. The normalized spacial score (nSPS) is 12.7. The lowest BCUT2D eigenvalue weighted by atomic mass is 10.0. The molecule has 15 heavy (non-hydrogen) atoms. The predicted molar refractivity (Wildman–Crippen MR) is 67.1 cm³/mol. The van der Waals surface area contributed by atoms with E-state index in [1.165, 1.54) is 0 Å². The molecule has 0 saturated carbocycles. The average Bonchev–Trinajstić information content (AvgIpc) is 2.66. The number of thiophene rings is 1. The summed E-state index contributed by atoms with van der Waals surface area (Å²) >= 11 is 4.99. The van der Waals surface area contributed by atoms with Gasteiger partial charge in [0.15, 0.2) is 0 Å². The number of halogens is 1. The van der Waals surface area contributed by atoms with E-state index < -0.39 is 6.10 Å². The van der Waals surface area contributed by atoms with E-state index in [1.54, 1.807) is 11.3 Å². The first-order chi connectivity index (χ1) is 7.25. The zero-order valence-corrected chi connectivity index (χ0v) is 10.5. The van der Waals surface area contributed by atoms with Gasteiger partial charge in [-0.05, 0) is 38.5 Å².